The molecule has 2 fully saturated rings. The minimum atomic E-state index is -0.288. The largest absolute Gasteiger partial charge is 0.493 e. The number of fused-ring (bicyclic) bond motifs is 3. The van der Waals surface area contributed by atoms with Gasteiger partial charge in [0.1, 0.15) is 5.82 Å². The Kier molecular flexibility index (Phi) is 9.04. The lowest BCUT2D eigenvalue weighted by Crippen LogP contribution is -2.36. The number of nitrogens with zero attached hydrogens (tertiary/aromatic N) is 2. The number of pyridine rings is 1. The van der Waals surface area contributed by atoms with Gasteiger partial charge in [0.2, 0.25) is 0 Å². The van der Waals surface area contributed by atoms with E-state index in [-0.39, 0.29) is 18.6 Å². The van der Waals surface area contributed by atoms with Crippen molar-refractivity contribution in [1.82, 2.24) is 9.88 Å². The maximum atomic E-state index is 10.5. The van der Waals surface area contributed by atoms with Gasteiger partial charge in [-0.3, -0.25) is 4.79 Å². The van der Waals surface area contributed by atoms with Crippen molar-refractivity contribution in [2.75, 3.05) is 38.7 Å². The monoisotopic (exact) mass is 485 g/mol. The van der Waals surface area contributed by atoms with Crippen LogP contribution in [0.1, 0.15) is 62.5 Å². The number of aromatic nitrogens is 1. The molecule has 192 valence electrons. The van der Waals surface area contributed by atoms with E-state index in [1.165, 1.54) is 42.4 Å². The number of methoxy groups -OCH3 is 1. The Labute approximate surface area is 207 Å². The van der Waals surface area contributed by atoms with Gasteiger partial charge in [0, 0.05) is 18.0 Å². The van der Waals surface area contributed by atoms with Gasteiger partial charge in [-0.1, -0.05) is 12.8 Å². The Hall–Kier alpha value is -2.58. The molecule has 0 spiro atoms. The molecule has 8 nitrogen and oxygen atoms in total. The number of aliphatic hydroxyl groups is 1. The molecule has 35 heavy (non-hydrogen) atoms. The SMILES string of the molecule is COc1cc2c3c(c(N[C@H]4CCCC[C@@H]4O)nc2cc1OCCCN1CCCC1)CCC3.O=CO. The van der Waals surface area contributed by atoms with Gasteiger partial charge in [0.05, 0.1) is 31.4 Å². The van der Waals surface area contributed by atoms with Gasteiger partial charge in [0.15, 0.2) is 11.5 Å². The van der Waals surface area contributed by atoms with Gasteiger partial charge in [-0.15, -0.1) is 0 Å². The van der Waals surface area contributed by atoms with Crippen molar-refractivity contribution in [3.8, 4) is 11.5 Å². The van der Waals surface area contributed by atoms with E-state index in [4.69, 9.17) is 24.4 Å². The molecule has 1 saturated heterocycles. The van der Waals surface area contributed by atoms with Crippen LogP contribution in [0.2, 0.25) is 0 Å². The number of aryl methyl sites for hydroxylation is 1. The predicted octanol–water partition coefficient (Wildman–Crippen LogP) is 4.01. The molecule has 1 aromatic carbocycles. The van der Waals surface area contributed by atoms with Crippen molar-refractivity contribution in [3.05, 3.63) is 23.3 Å². The summed E-state index contributed by atoms with van der Waals surface area (Å²) in [5.74, 6) is 2.52. The van der Waals surface area contributed by atoms with Crippen LogP contribution in [0.25, 0.3) is 10.9 Å². The van der Waals surface area contributed by atoms with Gasteiger partial charge < -0.3 is 29.9 Å². The highest BCUT2D eigenvalue weighted by Crippen LogP contribution is 2.39. The van der Waals surface area contributed by atoms with Crippen molar-refractivity contribution in [2.24, 2.45) is 0 Å². The Morgan fingerprint density at radius 3 is 2.57 bits per heavy atom. The highest BCUT2D eigenvalue weighted by Gasteiger charge is 2.27. The van der Waals surface area contributed by atoms with Crippen molar-refractivity contribution < 1.29 is 24.5 Å². The Morgan fingerprint density at radius 1 is 1.09 bits per heavy atom. The Morgan fingerprint density at radius 2 is 1.83 bits per heavy atom. The number of aliphatic hydroxyl groups excluding tert-OH is 1. The second-order valence-corrected chi connectivity index (χ2v) is 9.75. The zero-order valence-electron chi connectivity index (χ0n) is 20.8. The van der Waals surface area contributed by atoms with E-state index >= 15 is 0 Å². The number of likely N-dealkylation sites (tertiary alicyclic amines) is 1. The van der Waals surface area contributed by atoms with Gasteiger partial charge in [0.25, 0.3) is 6.47 Å². The molecule has 1 saturated carbocycles. The third kappa shape index (κ3) is 6.16. The second kappa shape index (κ2) is 12.4. The van der Waals surface area contributed by atoms with E-state index in [0.29, 0.717) is 6.61 Å². The van der Waals surface area contributed by atoms with Gasteiger partial charge in [-0.2, -0.15) is 0 Å². The van der Waals surface area contributed by atoms with Crippen LogP contribution in [0.15, 0.2) is 12.1 Å². The third-order valence-corrected chi connectivity index (χ3v) is 7.47. The number of hydrogen-bond acceptors (Lipinski definition) is 7. The molecular weight excluding hydrogens is 446 g/mol. The van der Waals surface area contributed by atoms with Gasteiger partial charge >= 0.3 is 0 Å². The average molecular weight is 486 g/mol. The van der Waals surface area contributed by atoms with Gasteiger partial charge in [-0.25, -0.2) is 4.98 Å². The van der Waals surface area contributed by atoms with Crippen LogP contribution in [0.4, 0.5) is 5.82 Å². The van der Waals surface area contributed by atoms with Crippen LogP contribution in [0, 0.1) is 0 Å². The summed E-state index contributed by atoms with van der Waals surface area (Å²) in [4.78, 5) is 15.9. The molecule has 3 aliphatic rings. The Bertz CT molecular complexity index is 993. The number of hydrogen-bond donors (Lipinski definition) is 3. The van der Waals surface area contributed by atoms with Crippen LogP contribution >= 0.6 is 0 Å². The number of carboxylic acid groups (broad SMARTS) is 1. The van der Waals surface area contributed by atoms with E-state index in [1.807, 2.05) is 6.07 Å². The molecule has 8 heteroatoms. The normalized spacial score (nSPS) is 21.8. The first-order valence-corrected chi connectivity index (χ1v) is 13.1. The van der Waals surface area contributed by atoms with Crippen molar-refractivity contribution in [2.45, 2.75) is 76.4 Å². The molecular formula is C27H39N3O5. The summed E-state index contributed by atoms with van der Waals surface area (Å²) in [6.45, 7) is 3.97. The highest BCUT2D eigenvalue weighted by molar-refractivity contribution is 5.89. The topological polar surface area (TPSA) is 104 Å². The van der Waals surface area contributed by atoms with Crippen LogP contribution in [0.5, 0.6) is 11.5 Å². The van der Waals surface area contributed by atoms with E-state index in [1.54, 1.807) is 7.11 Å². The molecule has 2 heterocycles. The fraction of sp³-hybridized carbons (Fsp3) is 0.630. The number of rotatable bonds is 8. The van der Waals surface area contributed by atoms with Crippen LogP contribution < -0.4 is 14.8 Å². The standard InChI is InChI=1S/C26H37N3O3.CH2O2/c1-31-24-16-20-18-8-6-9-19(18)26(27-21-10-2-3-11-23(21)30)28-22(20)17-25(24)32-15-7-14-29-12-4-5-13-29;2-1-3/h16-17,21,23,30H,2-15H2,1H3,(H,27,28);1H,(H,2,3)/t21-,23-;/m0./s1. The zero-order valence-corrected chi connectivity index (χ0v) is 20.8. The third-order valence-electron chi connectivity index (χ3n) is 7.47. The summed E-state index contributed by atoms with van der Waals surface area (Å²) in [6, 6.07) is 4.25. The van der Waals surface area contributed by atoms with E-state index < -0.39 is 0 Å². The van der Waals surface area contributed by atoms with Gasteiger partial charge in [-0.05, 0) is 81.6 Å². The lowest BCUT2D eigenvalue weighted by Gasteiger charge is -2.29. The molecule has 2 aliphatic carbocycles. The molecule has 5 rings (SSSR count). The molecule has 2 aromatic rings. The minimum Gasteiger partial charge on any atom is -0.493 e. The number of carbonyl (C=O) groups is 1. The maximum Gasteiger partial charge on any atom is 0.290 e. The van der Waals surface area contributed by atoms with E-state index in [9.17, 15) is 5.11 Å². The fourth-order valence-electron chi connectivity index (χ4n) is 5.70. The molecule has 1 aromatic heterocycles. The summed E-state index contributed by atoms with van der Waals surface area (Å²) in [5.41, 5.74) is 3.65. The number of ether oxygens (including phenoxy) is 2. The summed E-state index contributed by atoms with van der Waals surface area (Å²) in [6.07, 6.45) is 10.8. The zero-order chi connectivity index (χ0) is 24.6. The highest BCUT2D eigenvalue weighted by atomic mass is 16.5. The Balaban J connectivity index is 0.000000917. The predicted molar refractivity (Wildman–Crippen MR) is 137 cm³/mol. The quantitative estimate of drug-likeness (QED) is 0.381. The number of anilines is 1. The number of nitrogens with one attached hydrogen (secondary N) is 1. The fourth-order valence-corrected chi connectivity index (χ4v) is 5.70. The maximum absolute atomic E-state index is 10.5. The average Bonchev–Trinajstić information content (AvgIpc) is 3.56. The van der Waals surface area contributed by atoms with E-state index in [0.717, 1.165) is 80.7 Å². The van der Waals surface area contributed by atoms with Crippen LogP contribution in [0.3, 0.4) is 0 Å². The molecule has 1 aliphatic heterocycles. The molecule has 2 atom stereocenters. The van der Waals surface area contributed by atoms with Crippen molar-refractivity contribution in [3.63, 3.8) is 0 Å². The number of benzene rings is 1. The van der Waals surface area contributed by atoms with Crippen LogP contribution in [-0.4, -0.2) is 72.1 Å². The minimum absolute atomic E-state index is 0.0953. The lowest BCUT2D eigenvalue weighted by atomic mass is 9.92. The summed E-state index contributed by atoms with van der Waals surface area (Å²) in [5, 5.41) is 22.2. The lowest BCUT2D eigenvalue weighted by molar-refractivity contribution is -0.122. The van der Waals surface area contributed by atoms with Crippen LogP contribution in [-0.2, 0) is 17.6 Å². The molecule has 0 radical (unpaired) electrons. The summed E-state index contributed by atoms with van der Waals surface area (Å²) >= 11 is 0. The van der Waals surface area contributed by atoms with Crippen molar-refractivity contribution >= 4 is 23.2 Å². The summed E-state index contributed by atoms with van der Waals surface area (Å²) in [7, 11) is 1.71. The molecule has 3 N–H and O–H groups in total. The first-order valence-electron chi connectivity index (χ1n) is 13.1. The molecule has 0 bridgehead atoms. The molecule has 0 unspecified atom stereocenters. The first kappa shape index (κ1) is 25.5. The first-order chi connectivity index (χ1) is 17.1. The van der Waals surface area contributed by atoms with Crippen molar-refractivity contribution in [1.29, 1.82) is 0 Å². The molecule has 0 amide bonds. The van der Waals surface area contributed by atoms with E-state index in [2.05, 4.69) is 16.3 Å². The second-order valence-electron chi connectivity index (χ2n) is 9.75. The smallest absolute Gasteiger partial charge is 0.290 e. The summed E-state index contributed by atoms with van der Waals surface area (Å²) < 4.78 is 11.9.